The quantitative estimate of drug-likeness (QED) is 0.673. The molecule has 3 aromatic rings. The number of halogens is 1. The maximum Gasteiger partial charge on any atom is 0.260 e. The van der Waals surface area contributed by atoms with Gasteiger partial charge in [0.2, 0.25) is 0 Å². The number of nitrogens with one attached hydrogen (secondary N) is 1. The predicted molar refractivity (Wildman–Crippen MR) is 110 cm³/mol. The van der Waals surface area contributed by atoms with Crippen LogP contribution in [0.2, 0.25) is 0 Å². The van der Waals surface area contributed by atoms with Gasteiger partial charge in [0.15, 0.2) is 17.3 Å². The molecule has 0 aliphatic heterocycles. The van der Waals surface area contributed by atoms with E-state index in [1.54, 1.807) is 29.5 Å². The third-order valence-electron chi connectivity index (χ3n) is 4.89. The van der Waals surface area contributed by atoms with E-state index in [1.807, 2.05) is 0 Å². The van der Waals surface area contributed by atoms with Crippen molar-refractivity contribution in [1.29, 1.82) is 0 Å². The molecule has 0 radical (unpaired) electrons. The van der Waals surface area contributed by atoms with E-state index >= 15 is 0 Å². The summed E-state index contributed by atoms with van der Waals surface area (Å²) in [4.78, 5) is 22.1. The second-order valence-electron chi connectivity index (χ2n) is 6.87. The van der Waals surface area contributed by atoms with Crippen LogP contribution in [0.3, 0.4) is 0 Å². The van der Waals surface area contributed by atoms with E-state index in [9.17, 15) is 9.90 Å². The van der Waals surface area contributed by atoms with Crippen LogP contribution >= 0.6 is 22.9 Å². The Bertz CT molecular complexity index is 1120. The fourth-order valence-electron chi connectivity index (χ4n) is 3.46. The molecule has 5 nitrogen and oxygen atoms in total. The number of hydrogen-bond acceptors (Lipinski definition) is 5. The normalized spacial score (nSPS) is 17.1. The van der Waals surface area contributed by atoms with E-state index in [-0.39, 0.29) is 11.3 Å². The number of aryl methyl sites for hydroxylation is 1. The highest BCUT2D eigenvalue weighted by Crippen LogP contribution is 2.36. The van der Waals surface area contributed by atoms with Crippen LogP contribution in [-0.4, -0.2) is 22.2 Å². The molecule has 1 aliphatic carbocycles. The molecule has 2 heterocycles. The first-order valence-electron chi connectivity index (χ1n) is 8.75. The number of hydrogen-bond donors (Lipinski definition) is 2. The zero-order valence-electron chi connectivity index (χ0n) is 15.0. The van der Waals surface area contributed by atoms with Gasteiger partial charge in [0, 0.05) is 4.88 Å². The number of aromatic hydroxyl groups is 1. The number of thiophene rings is 1. The molecule has 0 saturated carbocycles. The molecule has 4 rings (SSSR count). The van der Waals surface area contributed by atoms with Crippen LogP contribution in [-0.2, 0) is 12.8 Å². The van der Waals surface area contributed by atoms with Crippen LogP contribution in [0.15, 0.2) is 23.0 Å². The van der Waals surface area contributed by atoms with E-state index < -0.39 is 0 Å². The van der Waals surface area contributed by atoms with Gasteiger partial charge in [0.1, 0.15) is 4.83 Å². The van der Waals surface area contributed by atoms with Crippen LogP contribution in [0.4, 0.5) is 0 Å². The topological polar surface area (TPSA) is 75.2 Å². The van der Waals surface area contributed by atoms with Crippen LogP contribution in [0.5, 0.6) is 11.5 Å². The van der Waals surface area contributed by atoms with Crippen molar-refractivity contribution >= 4 is 44.3 Å². The molecule has 7 heteroatoms. The molecular weight excluding hydrogens is 384 g/mol. The minimum atomic E-state index is -0.142. The first-order chi connectivity index (χ1) is 13.0. The van der Waals surface area contributed by atoms with Gasteiger partial charge in [-0.15, -0.1) is 11.3 Å². The minimum Gasteiger partial charge on any atom is -0.504 e. The van der Waals surface area contributed by atoms with Gasteiger partial charge in [-0.05, 0) is 54.5 Å². The third kappa shape index (κ3) is 3.35. The van der Waals surface area contributed by atoms with E-state index in [0.717, 1.165) is 35.2 Å². The van der Waals surface area contributed by atoms with Gasteiger partial charge >= 0.3 is 0 Å². The van der Waals surface area contributed by atoms with E-state index in [1.165, 1.54) is 18.1 Å². The number of methoxy groups -OCH3 is 1. The highest BCUT2D eigenvalue weighted by Gasteiger charge is 2.23. The SMILES string of the molecule is COc1cc(/C=C(\Cl)c2nc3sc4c(c3c(=O)[nH]2)CC[C@@H](C)C4)ccc1O. The summed E-state index contributed by atoms with van der Waals surface area (Å²) in [7, 11) is 1.48. The molecule has 0 bridgehead atoms. The Hall–Kier alpha value is -2.31. The molecule has 27 heavy (non-hydrogen) atoms. The summed E-state index contributed by atoms with van der Waals surface area (Å²) in [5.41, 5.74) is 1.74. The number of phenols is 1. The Kier molecular flexibility index (Phi) is 4.70. The lowest BCUT2D eigenvalue weighted by atomic mass is 9.89. The number of aromatic nitrogens is 2. The van der Waals surface area contributed by atoms with Gasteiger partial charge in [-0.2, -0.15) is 0 Å². The fraction of sp³-hybridized carbons (Fsp3) is 0.300. The van der Waals surface area contributed by atoms with Crippen molar-refractivity contribution in [3.05, 3.63) is 50.4 Å². The van der Waals surface area contributed by atoms with Crippen LogP contribution < -0.4 is 10.3 Å². The van der Waals surface area contributed by atoms with Crippen molar-refractivity contribution < 1.29 is 9.84 Å². The number of nitrogens with zero attached hydrogens (tertiary/aromatic N) is 1. The van der Waals surface area contributed by atoms with Crippen LogP contribution in [0.1, 0.15) is 35.2 Å². The van der Waals surface area contributed by atoms with Gasteiger partial charge in [-0.3, -0.25) is 4.79 Å². The monoisotopic (exact) mass is 402 g/mol. The molecule has 140 valence electrons. The molecule has 1 aromatic carbocycles. The van der Waals surface area contributed by atoms with E-state index in [2.05, 4.69) is 16.9 Å². The number of ether oxygens (including phenoxy) is 1. The van der Waals surface area contributed by atoms with Crippen molar-refractivity contribution in [3.8, 4) is 11.5 Å². The second kappa shape index (κ2) is 7.02. The largest absolute Gasteiger partial charge is 0.504 e. The summed E-state index contributed by atoms with van der Waals surface area (Å²) in [5.74, 6) is 1.38. The summed E-state index contributed by atoms with van der Waals surface area (Å²) >= 11 is 8.02. The van der Waals surface area contributed by atoms with Gasteiger partial charge in [-0.25, -0.2) is 4.98 Å². The first-order valence-corrected chi connectivity index (χ1v) is 9.95. The molecule has 0 amide bonds. The van der Waals surface area contributed by atoms with Crippen molar-refractivity contribution in [2.75, 3.05) is 7.11 Å². The van der Waals surface area contributed by atoms with E-state index in [0.29, 0.717) is 27.9 Å². The molecule has 1 atom stereocenters. The zero-order valence-corrected chi connectivity index (χ0v) is 16.6. The summed E-state index contributed by atoms with van der Waals surface area (Å²) in [5, 5.41) is 10.7. The van der Waals surface area contributed by atoms with Gasteiger partial charge in [0.05, 0.1) is 17.5 Å². The highest BCUT2D eigenvalue weighted by molar-refractivity contribution is 7.18. The number of phenolic OH excluding ortho intramolecular Hbond substituents is 1. The Morgan fingerprint density at radius 1 is 1.48 bits per heavy atom. The lowest BCUT2D eigenvalue weighted by Crippen LogP contribution is -2.14. The van der Waals surface area contributed by atoms with Crippen LogP contribution in [0, 0.1) is 5.92 Å². The maximum atomic E-state index is 12.7. The number of rotatable bonds is 3. The highest BCUT2D eigenvalue weighted by atomic mass is 35.5. The molecule has 0 saturated heterocycles. The minimum absolute atomic E-state index is 0.0529. The number of benzene rings is 1. The van der Waals surface area contributed by atoms with Crippen molar-refractivity contribution in [1.82, 2.24) is 9.97 Å². The molecule has 2 N–H and O–H groups in total. The summed E-state index contributed by atoms with van der Waals surface area (Å²) < 4.78 is 5.11. The summed E-state index contributed by atoms with van der Waals surface area (Å²) in [6.07, 6.45) is 4.71. The maximum absolute atomic E-state index is 12.7. The summed E-state index contributed by atoms with van der Waals surface area (Å²) in [6.45, 7) is 2.24. The Morgan fingerprint density at radius 3 is 3.07 bits per heavy atom. The first kappa shape index (κ1) is 18.1. The fourth-order valence-corrected chi connectivity index (χ4v) is 5.06. The Labute approximate surface area is 165 Å². The van der Waals surface area contributed by atoms with Gasteiger partial charge < -0.3 is 14.8 Å². The van der Waals surface area contributed by atoms with Gasteiger partial charge in [-0.1, -0.05) is 24.6 Å². The third-order valence-corrected chi connectivity index (χ3v) is 6.33. The smallest absolute Gasteiger partial charge is 0.260 e. The Morgan fingerprint density at radius 2 is 2.30 bits per heavy atom. The zero-order chi connectivity index (χ0) is 19.1. The molecule has 1 aliphatic rings. The standard InChI is InChI=1S/C20H19ClN2O3S/c1-10-3-5-12-16(7-10)27-20-17(12)19(25)22-18(23-20)13(21)8-11-4-6-14(24)15(9-11)26-2/h4,6,8-10,24H,3,5,7H2,1-2H3,(H,22,23,25)/b13-8-/t10-/m1/s1. The Balaban J connectivity index is 1.76. The lowest BCUT2D eigenvalue weighted by molar-refractivity contribution is 0.373. The predicted octanol–water partition coefficient (Wildman–Crippen LogP) is 4.56. The number of aromatic amines is 1. The molecule has 0 spiro atoms. The molecule has 0 fully saturated rings. The van der Waals surface area contributed by atoms with Crippen molar-refractivity contribution in [2.24, 2.45) is 5.92 Å². The average Bonchev–Trinajstić information content (AvgIpc) is 3.00. The molecule has 2 aromatic heterocycles. The van der Waals surface area contributed by atoms with Crippen molar-refractivity contribution in [3.63, 3.8) is 0 Å². The van der Waals surface area contributed by atoms with Crippen LogP contribution in [0.25, 0.3) is 21.3 Å². The van der Waals surface area contributed by atoms with Crippen molar-refractivity contribution in [2.45, 2.75) is 26.2 Å². The average molecular weight is 403 g/mol. The molecule has 0 unspecified atom stereocenters. The lowest BCUT2D eigenvalue weighted by Gasteiger charge is -2.17. The second-order valence-corrected chi connectivity index (χ2v) is 8.36. The van der Waals surface area contributed by atoms with Gasteiger partial charge in [0.25, 0.3) is 5.56 Å². The van der Waals surface area contributed by atoms with E-state index in [4.69, 9.17) is 16.3 Å². The molecular formula is C20H19ClN2O3S. The summed E-state index contributed by atoms with van der Waals surface area (Å²) in [6, 6.07) is 4.91. The number of H-pyrrole nitrogens is 1. The number of fused-ring (bicyclic) bond motifs is 3.